The lowest BCUT2D eigenvalue weighted by Gasteiger charge is -2.21. The van der Waals surface area contributed by atoms with E-state index >= 15 is 0 Å². The molecule has 0 radical (unpaired) electrons. The van der Waals surface area contributed by atoms with E-state index in [1.165, 1.54) is 0 Å². The van der Waals surface area contributed by atoms with Crippen molar-refractivity contribution in [2.45, 2.75) is 32.4 Å². The number of hydrogen-bond acceptors (Lipinski definition) is 2. The van der Waals surface area contributed by atoms with Crippen LogP contribution < -0.4 is 5.32 Å². The molecule has 0 saturated carbocycles. The molecule has 1 aromatic rings. The molecule has 4 heteroatoms. The van der Waals surface area contributed by atoms with Gasteiger partial charge in [0.15, 0.2) is 0 Å². The molecule has 1 unspecified atom stereocenters. The molecule has 2 N–H and O–H groups in total. The van der Waals surface area contributed by atoms with Gasteiger partial charge in [0.25, 0.3) is 0 Å². The van der Waals surface area contributed by atoms with Crippen LogP contribution in [-0.2, 0) is 0 Å². The van der Waals surface area contributed by atoms with Crippen LogP contribution in [-0.4, -0.2) is 17.8 Å². The van der Waals surface area contributed by atoms with Crippen LogP contribution in [0.1, 0.15) is 31.9 Å². The Morgan fingerprint density at radius 1 is 1.38 bits per heavy atom. The van der Waals surface area contributed by atoms with Crippen molar-refractivity contribution < 1.29 is 5.11 Å². The minimum atomic E-state index is 0.0725. The smallest absolute Gasteiger partial charge is 0.0639 e. The van der Waals surface area contributed by atoms with E-state index in [0.717, 1.165) is 12.0 Å². The van der Waals surface area contributed by atoms with E-state index in [1.54, 1.807) is 6.07 Å². The normalized spacial score (nSPS) is 14.8. The monoisotopic (exact) mass is 261 g/mol. The van der Waals surface area contributed by atoms with Crippen LogP contribution in [0.4, 0.5) is 0 Å². The molecule has 2 nitrogen and oxygen atoms in total. The van der Waals surface area contributed by atoms with Crippen LogP contribution in [0.25, 0.3) is 0 Å². The van der Waals surface area contributed by atoms with Crippen molar-refractivity contribution in [1.29, 1.82) is 0 Å². The lowest BCUT2D eigenvalue weighted by molar-refractivity contribution is 0.230. The molecule has 2 atom stereocenters. The van der Waals surface area contributed by atoms with E-state index < -0.39 is 0 Å². The van der Waals surface area contributed by atoms with Gasteiger partial charge in [0.05, 0.1) is 16.7 Å². The van der Waals surface area contributed by atoms with Gasteiger partial charge in [-0.3, -0.25) is 0 Å². The van der Waals surface area contributed by atoms with E-state index in [2.05, 4.69) is 5.32 Å². The summed E-state index contributed by atoms with van der Waals surface area (Å²) < 4.78 is 0. The van der Waals surface area contributed by atoms with Gasteiger partial charge in [-0.25, -0.2) is 0 Å². The van der Waals surface area contributed by atoms with Gasteiger partial charge in [-0.15, -0.1) is 0 Å². The highest BCUT2D eigenvalue weighted by atomic mass is 35.5. The number of aliphatic hydroxyl groups is 1. The molecule has 0 amide bonds. The van der Waals surface area contributed by atoms with Gasteiger partial charge in [-0.2, -0.15) is 0 Å². The molecular formula is C12H17Cl2NO. The van der Waals surface area contributed by atoms with E-state index in [0.29, 0.717) is 10.0 Å². The molecule has 1 aromatic carbocycles. The summed E-state index contributed by atoms with van der Waals surface area (Å²) in [5.74, 6) is 0. The molecule has 0 aliphatic rings. The van der Waals surface area contributed by atoms with Gasteiger partial charge in [0, 0.05) is 12.1 Å². The van der Waals surface area contributed by atoms with Crippen molar-refractivity contribution in [2.75, 3.05) is 6.61 Å². The lowest BCUT2D eigenvalue weighted by atomic mass is 10.1. The van der Waals surface area contributed by atoms with E-state index in [-0.39, 0.29) is 18.7 Å². The Bertz CT molecular complexity index is 340. The van der Waals surface area contributed by atoms with Gasteiger partial charge in [-0.05, 0) is 25.0 Å². The maximum Gasteiger partial charge on any atom is 0.0639 e. The summed E-state index contributed by atoms with van der Waals surface area (Å²) in [5.41, 5.74) is 0.959. The number of hydrogen-bond donors (Lipinski definition) is 2. The van der Waals surface area contributed by atoms with Crippen LogP contribution in [0.3, 0.4) is 0 Å². The van der Waals surface area contributed by atoms with Crippen LogP contribution in [0.5, 0.6) is 0 Å². The first-order valence-corrected chi connectivity index (χ1v) is 6.16. The van der Waals surface area contributed by atoms with E-state index in [4.69, 9.17) is 28.3 Å². The van der Waals surface area contributed by atoms with Gasteiger partial charge in [-0.1, -0.05) is 42.3 Å². The summed E-state index contributed by atoms with van der Waals surface area (Å²) in [4.78, 5) is 0. The first-order chi connectivity index (χ1) is 7.60. The number of halogens is 2. The second-order valence-electron chi connectivity index (χ2n) is 3.82. The molecule has 0 aromatic heterocycles. The highest BCUT2D eigenvalue weighted by molar-refractivity contribution is 6.42. The summed E-state index contributed by atoms with van der Waals surface area (Å²) in [6, 6.07) is 5.74. The minimum absolute atomic E-state index is 0.0725. The first-order valence-electron chi connectivity index (χ1n) is 5.41. The molecule has 90 valence electrons. The van der Waals surface area contributed by atoms with Crippen molar-refractivity contribution in [3.05, 3.63) is 33.8 Å². The van der Waals surface area contributed by atoms with E-state index in [9.17, 15) is 0 Å². The average Bonchev–Trinajstić information content (AvgIpc) is 2.29. The lowest BCUT2D eigenvalue weighted by Crippen LogP contribution is -2.34. The number of rotatable bonds is 5. The summed E-state index contributed by atoms with van der Waals surface area (Å²) >= 11 is 12.1. The van der Waals surface area contributed by atoms with Gasteiger partial charge in [0.2, 0.25) is 0 Å². The molecule has 0 spiro atoms. The molecule has 0 aliphatic carbocycles. The Balaban J connectivity index is 2.80. The largest absolute Gasteiger partial charge is 0.395 e. The Morgan fingerprint density at radius 3 is 2.62 bits per heavy atom. The summed E-state index contributed by atoms with van der Waals surface area (Å²) in [6.07, 6.45) is 0.874. The Hall–Kier alpha value is -0.280. The average molecular weight is 262 g/mol. The number of aliphatic hydroxyl groups excluding tert-OH is 1. The fourth-order valence-corrected chi connectivity index (χ4v) is 2.07. The second kappa shape index (κ2) is 6.45. The molecule has 0 bridgehead atoms. The zero-order chi connectivity index (χ0) is 12.1. The Kier molecular flexibility index (Phi) is 5.56. The molecule has 0 fully saturated rings. The van der Waals surface area contributed by atoms with Crippen molar-refractivity contribution >= 4 is 23.2 Å². The SMILES string of the molecule is CC[C@@H](CO)NC(C)c1cccc(Cl)c1Cl. The van der Waals surface area contributed by atoms with E-state index in [1.807, 2.05) is 26.0 Å². The molecule has 0 saturated heterocycles. The Morgan fingerprint density at radius 2 is 2.06 bits per heavy atom. The zero-order valence-electron chi connectivity index (χ0n) is 9.50. The van der Waals surface area contributed by atoms with Crippen molar-refractivity contribution in [3.63, 3.8) is 0 Å². The van der Waals surface area contributed by atoms with Crippen LogP contribution in [0, 0.1) is 0 Å². The van der Waals surface area contributed by atoms with Crippen LogP contribution in [0.15, 0.2) is 18.2 Å². The van der Waals surface area contributed by atoms with Gasteiger partial charge >= 0.3 is 0 Å². The maximum absolute atomic E-state index is 9.12. The van der Waals surface area contributed by atoms with Crippen molar-refractivity contribution in [2.24, 2.45) is 0 Å². The minimum Gasteiger partial charge on any atom is -0.395 e. The molecule has 1 rings (SSSR count). The van der Waals surface area contributed by atoms with Crippen LogP contribution in [0.2, 0.25) is 10.0 Å². The molecule has 0 heterocycles. The molecular weight excluding hydrogens is 245 g/mol. The Labute approximate surface area is 107 Å². The predicted molar refractivity (Wildman–Crippen MR) is 69.2 cm³/mol. The number of nitrogens with one attached hydrogen (secondary N) is 1. The predicted octanol–water partition coefficient (Wildman–Crippen LogP) is 3.41. The maximum atomic E-state index is 9.12. The standard InChI is InChI=1S/C12H17Cl2NO/c1-3-9(7-16)15-8(2)10-5-4-6-11(13)12(10)14/h4-6,8-9,15-16H,3,7H2,1-2H3/t8?,9-/m0/s1. The zero-order valence-corrected chi connectivity index (χ0v) is 11.0. The second-order valence-corrected chi connectivity index (χ2v) is 4.60. The van der Waals surface area contributed by atoms with Crippen LogP contribution >= 0.6 is 23.2 Å². The summed E-state index contributed by atoms with van der Waals surface area (Å²) in [6.45, 7) is 4.16. The molecule has 0 aliphatic heterocycles. The van der Waals surface area contributed by atoms with Gasteiger partial charge < -0.3 is 10.4 Å². The summed E-state index contributed by atoms with van der Waals surface area (Å²) in [5, 5.41) is 13.6. The third-order valence-electron chi connectivity index (χ3n) is 2.65. The van der Waals surface area contributed by atoms with Crippen molar-refractivity contribution in [1.82, 2.24) is 5.32 Å². The first kappa shape index (κ1) is 13.8. The van der Waals surface area contributed by atoms with Crippen molar-refractivity contribution in [3.8, 4) is 0 Å². The third kappa shape index (κ3) is 3.36. The number of benzene rings is 1. The summed E-state index contributed by atoms with van der Waals surface area (Å²) in [7, 11) is 0. The third-order valence-corrected chi connectivity index (χ3v) is 3.48. The topological polar surface area (TPSA) is 32.3 Å². The fraction of sp³-hybridized carbons (Fsp3) is 0.500. The quantitative estimate of drug-likeness (QED) is 0.852. The highest BCUT2D eigenvalue weighted by Crippen LogP contribution is 2.29. The fourth-order valence-electron chi connectivity index (χ4n) is 1.60. The molecule has 16 heavy (non-hydrogen) atoms. The van der Waals surface area contributed by atoms with Gasteiger partial charge in [0.1, 0.15) is 0 Å². The highest BCUT2D eigenvalue weighted by Gasteiger charge is 2.14.